The molecule has 1 aromatic rings. The summed E-state index contributed by atoms with van der Waals surface area (Å²) in [4.78, 5) is -0.0938. The van der Waals surface area contributed by atoms with E-state index in [1.165, 1.54) is 13.2 Å². The number of ether oxygens (including phenoxy) is 2. The zero-order chi connectivity index (χ0) is 11.5. The monoisotopic (exact) mass is 314 g/mol. The summed E-state index contributed by atoms with van der Waals surface area (Å²) in [6.07, 6.45) is 0. The Morgan fingerprint density at radius 3 is 2.67 bits per heavy atom. The van der Waals surface area contributed by atoms with Crippen molar-refractivity contribution in [1.29, 1.82) is 0 Å². The highest BCUT2D eigenvalue weighted by atomic mass is 79.9. The van der Waals surface area contributed by atoms with Gasteiger partial charge in [0.05, 0.1) is 0 Å². The summed E-state index contributed by atoms with van der Waals surface area (Å²) < 4.78 is 32.6. The van der Waals surface area contributed by atoms with Crippen molar-refractivity contribution in [1.82, 2.24) is 0 Å². The van der Waals surface area contributed by atoms with Crippen molar-refractivity contribution in [2.75, 3.05) is 13.9 Å². The molecule has 0 aliphatic carbocycles. The molecule has 0 aliphatic heterocycles. The molecule has 84 valence electrons. The first-order valence-corrected chi connectivity index (χ1v) is 6.92. The predicted molar refractivity (Wildman–Crippen MR) is 59.7 cm³/mol. The molecule has 0 aliphatic rings. The second-order valence-corrected chi connectivity index (χ2v) is 5.91. The Labute approximate surface area is 101 Å². The van der Waals surface area contributed by atoms with E-state index < -0.39 is 9.05 Å². The lowest BCUT2D eigenvalue weighted by Crippen LogP contribution is -2.03. The Bertz CT molecular complexity index is 446. The third-order valence-corrected chi connectivity index (χ3v) is 3.80. The van der Waals surface area contributed by atoms with Gasteiger partial charge in [0.2, 0.25) is 0 Å². The number of hydrogen-bond acceptors (Lipinski definition) is 4. The largest absolute Gasteiger partial charge is 0.466 e. The molecular formula is C8H8BrClO4S. The number of methoxy groups -OCH3 is 1. The van der Waals surface area contributed by atoms with Crippen molar-refractivity contribution in [3.8, 4) is 5.75 Å². The Morgan fingerprint density at radius 2 is 2.13 bits per heavy atom. The van der Waals surface area contributed by atoms with Gasteiger partial charge in [-0.1, -0.05) is 6.07 Å². The SMILES string of the molecule is COCOc1cccc(Br)c1S(=O)(=O)Cl. The molecule has 1 aromatic carbocycles. The van der Waals surface area contributed by atoms with E-state index in [1.54, 1.807) is 12.1 Å². The molecule has 7 heteroatoms. The molecule has 0 spiro atoms. The first kappa shape index (κ1) is 12.8. The van der Waals surface area contributed by atoms with Gasteiger partial charge in [0.1, 0.15) is 10.6 Å². The van der Waals surface area contributed by atoms with Gasteiger partial charge in [0.25, 0.3) is 9.05 Å². The van der Waals surface area contributed by atoms with E-state index in [2.05, 4.69) is 20.7 Å². The first-order valence-electron chi connectivity index (χ1n) is 3.81. The van der Waals surface area contributed by atoms with Crippen LogP contribution in [0.25, 0.3) is 0 Å². The minimum absolute atomic E-state index is 0.0458. The summed E-state index contributed by atoms with van der Waals surface area (Å²) in [5.74, 6) is 0.154. The van der Waals surface area contributed by atoms with Gasteiger partial charge in [-0.25, -0.2) is 8.42 Å². The third kappa shape index (κ3) is 3.34. The van der Waals surface area contributed by atoms with Crippen LogP contribution < -0.4 is 4.74 Å². The zero-order valence-electron chi connectivity index (χ0n) is 7.74. The van der Waals surface area contributed by atoms with Gasteiger partial charge >= 0.3 is 0 Å². The van der Waals surface area contributed by atoms with Crippen LogP contribution in [0.1, 0.15) is 0 Å². The van der Waals surface area contributed by atoms with Gasteiger partial charge in [-0.2, -0.15) is 0 Å². The third-order valence-electron chi connectivity index (χ3n) is 1.51. The lowest BCUT2D eigenvalue weighted by Gasteiger charge is -2.09. The normalized spacial score (nSPS) is 11.4. The molecule has 0 aromatic heterocycles. The van der Waals surface area contributed by atoms with E-state index in [-0.39, 0.29) is 17.4 Å². The van der Waals surface area contributed by atoms with E-state index in [9.17, 15) is 8.42 Å². The fourth-order valence-corrected chi connectivity index (χ4v) is 3.37. The van der Waals surface area contributed by atoms with Gasteiger partial charge in [0, 0.05) is 22.3 Å². The van der Waals surface area contributed by atoms with Gasteiger partial charge in [-0.15, -0.1) is 0 Å². The summed E-state index contributed by atoms with van der Waals surface area (Å²) >= 11 is 3.09. The smallest absolute Gasteiger partial charge is 0.266 e. The van der Waals surface area contributed by atoms with Gasteiger partial charge in [0.15, 0.2) is 6.79 Å². The highest BCUT2D eigenvalue weighted by molar-refractivity contribution is 9.10. The molecule has 0 saturated heterocycles. The maximum Gasteiger partial charge on any atom is 0.266 e. The zero-order valence-corrected chi connectivity index (χ0v) is 10.9. The summed E-state index contributed by atoms with van der Waals surface area (Å²) in [6, 6.07) is 4.70. The van der Waals surface area contributed by atoms with Crippen LogP contribution in [0, 0.1) is 0 Å². The maximum absolute atomic E-state index is 11.3. The Hall–Kier alpha value is -0.300. The van der Waals surface area contributed by atoms with Crippen molar-refractivity contribution >= 4 is 35.7 Å². The van der Waals surface area contributed by atoms with Crippen LogP contribution >= 0.6 is 26.6 Å². The summed E-state index contributed by atoms with van der Waals surface area (Å²) in [7, 11) is 2.86. The lowest BCUT2D eigenvalue weighted by atomic mass is 10.3. The molecule has 1 rings (SSSR count). The summed E-state index contributed by atoms with van der Waals surface area (Å²) in [5.41, 5.74) is 0. The van der Waals surface area contributed by atoms with Crippen LogP contribution in [-0.4, -0.2) is 22.3 Å². The molecule has 0 unspecified atom stereocenters. The fourth-order valence-electron chi connectivity index (χ4n) is 0.962. The number of benzene rings is 1. The van der Waals surface area contributed by atoms with Crippen molar-refractivity contribution < 1.29 is 17.9 Å². The molecule has 0 bridgehead atoms. The molecule has 0 amide bonds. The van der Waals surface area contributed by atoms with Crippen LogP contribution in [-0.2, 0) is 13.8 Å². The molecule has 0 radical (unpaired) electrons. The van der Waals surface area contributed by atoms with E-state index in [0.29, 0.717) is 4.47 Å². The minimum atomic E-state index is -3.85. The van der Waals surface area contributed by atoms with Crippen LogP contribution in [0.15, 0.2) is 27.6 Å². The molecule has 0 saturated carbocycles. The second-order valence-electron chi connectivity index (χ2n) is 2.56. The number of rotatable bonds is 4. The van der Waals surface area contributed by atoms with E-state index >= 15 is 0 Å². The van der Waals surface area contributed by atoms with Crippen LogP contribution in [0.2, 0.25) is 0 Å². The quantitative estimate of drug-likeness (QED) is 0.632. The van der Waals surface area contributed by atoms with Gasteiger partial charge < -0.3 is 9.47 Å². The number of halogens is 2. The van der Waals surface area contributed by atoms with Gasteiger partial charge in [-0.3, -0.25) is 0 Å². The Kier molecular flexibility index (Phi) is 4.39. The minimum Gasteiger partial charge on any atom is -0.466 e. The molecule has 0 fully saturated rings. The Morgan fingerprint density at radius 1 is 1.47 bits per heavy atom. The van der Waals surface area contributed by atoms with E-state index in [4.69, 9.17) is 15.4 Å². The predicted octanol–water partition coefficient (Wildman–Crippen LogP) is 2.36. The summed E-state index contributed by atoms with van der Waals surface area (Å²) in [5, 5.41) is 0. The van der Waals surface area contributed by atoms with Gasteiger partial charge in [-0.05, 0) is 28.1 Å². The highest BCUT2D eigenvalue weighted by Crippen LogP contribution is 2.33. The van der Waals surface area contributed by atoms with Crippen LogP contribution in [0.4, 0.5) is 0 Å². The second kappa shape index (κ2) is 5.16. The Balaban J connectivity index is 3.21. The number of hydrogen-bond donors (Lipinski definition) is 0. The molecule has 0 N–H and O–H groups in total. The summed E-state index contributed by atoms with van der Waals surface area (Å²) in [6.45, 7) is -0.0458. The van der Waals surface area contributed by atoms with E-state index in [0.717, 1.165) is 0 Å². The molecule has 4 nitrogen and oxygen atoms in total. The lowest BCUT2D eigenvalue weighted by molar-refractivity contribution is 0.0490. The molecule has 0 atom stereocenters. The standard InChI is InChI=1S/C8H8BrClO4S/c1-13-5-14-7-4-2-3-6(9)8(7)15(10,11)12/h2-4H,5H2,1H3. The highest BCUT2D eigenvalue weighted by Gasteiger charge is 2.20. The molecule has 0 heterocycles. The molecular weight excluding hydrogens is 308 g/mol. The van der Waals surface area contributed by atoms with Crippen molar-refractivity contribution in [2.45, 2.75) is 4.90 Å². The topological polar surface area (TPSA) is 52.6 Å². The van der Waals surface area contributed by atoms with Crippen LogP contribution in [0.5, 0.6) is 5.75 Å². The molecule has 15 heavy (non-hydrogen) atoms. The first-order chi connectivity index (χ1) is 6.96. The maximum atomic E-state index is 11.3. The fraction of sp³-hybridized carbons (Fsp3) is 0.250. The van der Waals surface area contributed by atoms with Crippen LogP contribution in [0.3, 0.4) is 0 Å². The van der Waals surface area contributed by atoms with E-state index in [1.807, 2.05) is 0 Å². The average molecular weight is 316 g/mol. The van der Waals surface area contributed by atoms with Crippen molar-refractivity contribution in [3.05, 3.63) is 22.7 Å². The average Bonchev–Trinajstić information content (AvgIpc) is 2.12. The van der Waals surface area contributed by atoms with Crippen molar-refractivity contribution in [2.24, 2.45) is 0 Å². The van der Waals surface area contributed by atoms with Crippen molar-refractivity contribution in [3.63, 3.8) is 0 Å².